The highest BCUT2D eigenvalue weighted by molar-refractivity contribution is 7.91. The number of nitrogens with zero attached hydrogens (tertiary/aromatic N) is 3. The van der Waals surface area contributed by atoms with Gasteiger partial charge in [-0.25, -0.2) is 18.4 Å². The molecular formula is C20H20N4O3S2. The number of rotatable bonds is 7. The molecule has 4 rings (SSSR count). The van der Waals surface area contributed by atoms with E-state index in [0.717, 1.165) is 16.1 Å². The van der Waals surface area contributed by atoms with E-state index in [1.807, 2.05) is 36.4 Å². The maximum absolute atomic E-state index is 12.7. The molecule has 0 saturated carbocycles. The van der Waals surface area contributed by atoms with Gasteiger partial charge < -0.3 is 10.4 Å². The summed E-state index contributed by atoms with van der Waals surface area (Å²) >= 11 is 1.20. The van der Waals surface area contributed by atoms with Crippen LogP contribution in [0.2, 0.25) is 0 Å². The Morgan fingerprint density at radius 3 is 2.55 bits per heavy atom. The van der Waals surface area contributed by atoms with Crippen LogP contribution < -0.4 is 5.32 Å². The van der Waals surface area contributed by atoms with Gasteiger partial charge in [0.05, 0.1) is 10.6 Å². The third-order valence-corrected chi connectivity index (χ3v) is 7.89. The molecule has 2 aromatic heterocycles. The second-order valence-electron chi connectivity index (χ2n) is 6.47. The summed E-state index contributed by atoms with van der Waals surface area (Å²) in [5, 5.41) is 12.1. The number of aromatic nitrogens is 2. The van der Waals surface area contributed by atoms with Gasteiger partial charge in [0.1, 0.15) is 4.21 Å². The number of anilines is 2. The molecule has 0 unspecified atom stereocenters. The molecule has 0 radical (unpaired) electrons. The van der Waals surface area contributed by atoms with Crippen molar-refractivity contribution in [3.8, 4) is 10.6 Å². The van der Waals surface area contributed by atoms with Gasteiger partial charge in [-0.3, -0.25) is 0 Å². The van der Waals surface area contributed by atoms with Crippen LogP contribution in [0.4, 0.5) is 11.6 Å². The van der Waals surface area contributed by atoms with E-state index in [1.54, 1.807) is 24.4 Å². The quantitative estimate of drug-likeness (QED) is 0.562. The number of nitrogens with one attached hydrogen (secondary N) is 1. The van der Waals surface area contributed by atoms with Crippen LogP contribution in [-0.2, 0) is 16.4 Å². The first-order valence-electron chi connectivity index (χ1n) is 9.11. The van der Waals surface area contributed by atoms with Gasteiger partial charge in [-0.2, -0.15) is 4.31 Å². The first-order chi connectivity index (χ1) is 14.1. The van der Waals surface area contributed by atoms with E-state index in [9.17, 15) is 8.42 Å². The summed E-state index contributed by atoms with van der Waals surface area (Å²) in [6, 6.07) is 12.8. The van der Waals surface area contributed by atoms with Crippen LogP contribution in [0.5, 0.6) is 0 Å². The summed E-state index contributed by atoms with van der Waals surface area (Å²) in [4.78, 5) is 9.53. The largest absolute Gasteiger partial charge is 0.396 e. The number of sulfonamides is 1. The van der Waals surface area contributed by atoms with Gasteiger partial charge in [-0.1, -0.05) is 24.3 Å². The highest BCUT2D eigenvalue weighted by Crippen LogP contribution is 2.32. The second kappa shape index (κ2) is 8.42. The molecule has 150 valence electrons. The van der Waals surface area contributed by atoms with Crippen molar-refractivity contribution in [1.29, 1.82) is 0 Å². The van der Waals surface area contributed by atoms with Crippen molar-refractivity contribution in [2.75, 3.05) is 25.0 Å². The van der Waals surface area contributed by atoms with Crippen LogP contribution in [0.15, 0.2) is 65.0 Å². The monoisotopic (exact) mass is 428 g/mol. The minimum absolute atomic E-state index is 0.116. The Kier molecular flexibility index (Phi) is 5.72. The normalized spacial score (nSPS) is 14.4. The molecule has 9 heteroatoms. The van der Waals surface area contributed by atoms with E-state index in [4.69, 9.17) is 5.11 Å². The van der Waals surface area contributed by atoms with Crippen LogP contribution in [0.25, 0.3) is 10.6 Å². The third-order valence-electron chi connectivity index (χ3n) is 4.48. The van der Waals surface area contributed by atoms with Gasteiger partial charge in [0.2, 0.25) is 5.95 Å². The number of aliphatic hydroxyl groups is 1. The fourth-order valence-corrected chi connectivity index (χ4v) is 5.72. The molecule has 29 heavy (non-hydrogen) atoms. The van der Waals surface area contributed by atoms with E-state index in [1.165, 1.54) is 15.6 Å². The van der Waals surface area contributed by atoms with E-state index < -0.39 is 10.0 Å². The minimum atomic E-state index is -3.48. The molecule has 7 nitrogen and oxygen atoms in total. The molecule has 0 saturated heterocycles. The highest BCUT2D eigenvalue weighted by atomic mass is 32.2. The van der Waals surface area contributed by atoms with Crippen LogP contribution in [-0.4, -0.2) is 47.5 Å². The minimum Gasteiger partial charge on any atom is -0.396 e. The molecule has 0 atom stereocenters. The standard InChI is InChI=1S/C20H20N4O3S2/c25-14-10-15-3-5-16(6-4-15)22-20-21-11-9-17(23-20)18-7-8-19(28-18)29(26,27)24-12-1-2-13-24/h1-9,11,25H,10,12-14H2,(H,21,22,23). The van der Waals surface area contributed by atoms with Gasteiger partial charge in [-0.15, -0.1) is 11.3 Å². The number of benzene rings is 1. The molecular weight excluding hydrogens is 408 g/mol. The Labute approximate surface area is 173 Å². The Morgan fingerprint density at radius 1 is 1.07 bits per heavy atom. The number of hydrogen-bond donors (Lipinski definition) is 2. The summed E-state index contributed by atoms with van der Waals surface area (Å²) in [5.74, 6) is 0.430. The summed E-state index contributed by atoms with van der Waals surface area (Å²) < 4.78 is 27.1. The lowest BCUT2D eigenvalue weighted by atomic mass is 10.1. The summed E-state index contributed by atoms with van der Waals surface area (Å²) in [7, 11) is -3.48. The topological polar surface area (TPSA) is 95.4 Å². The molecule has 2 N–H and O–H groups in total. The third kappa shape index (κ3) is 4.38. The lowest BCUT2D eigenvalue weighted by Gasteiger charge is -2.13. The van der Waals surface area contributed by atoms with Gasteiger partial charge in [0.15, 0.2) is 0 Å². The first kappa shape index (κ1) is 19.7. The molecule has 3 aromatic rings. The van der Waals surface area contributed by atoms with Crippen molar-refractivity contribution in [2.24, 2.45) is 0 Å². The number of aliphatic hydroxyl groups excluding tert-OH is 1. The van der Waals surface area contributed by atoms with E-state index in [2.05, 4.69) is 15.3 Å². The number of thiophene rings is 1. The van der Waals surface area contributed by atoms with Crippen LogP contribution in [0, 0.1) is 0 Å². The van der Waals surface area contributed by atoms with Crippen molar-refractivity contribution >= 4 is 33.0 Å². The zero-order valence-corrected chi connectivity index (χ0v) is 17.2. The summed E-state index contributed by atoms with van der Waals surface area (Å²) in [5.41, 5.74) is 2.54. The molecule has 0 amide bonds. The van der Waals surface area contributed by atoms with Crippen LogP contribution >= 0.6 is 11.3 Å². The first-order valence-corrected chi connectivity index (χ1v) is 11.4. The van der Waals surface area contributed by atoms with Gasteiger partial charge in [-0.05, 0) is 42.3 Å². The van der Waals surface area contributed by atoms with Crippen molar-refractivity contribution < 1.29 is 13.5 Å². The van der Waals surface area contributed by atoms with E-state index >= 15 is 0 Å². The van der Waals surface area contributed by atoms with Crippen LogP contribution in [0.1, 0.15) is 5.56 Å². The maximum atomic E-state index is 12.7. The molecule has 0 spiro atoms. The Bertz CT molecular complexity index is 1120. The fraction of sp³-hybridized carbons (Fsp3) is 0.200. The molecule has 1 aliphatic heterocycles. The zero-order valence-electron chi connectivity index (χ0n) is 15.5. The zero-order chi connectivity index (χ0) is 20.3. The smallest absolute Gasteiger partial charge is 0.253 e. The average Bonchev–Trinajstić information content (AvgIpc) is 3.43. The van der Waals surface area contributed by atoms with Crippen molar-refractivity contribution in [1.82, 2.24) is 14.3 Å². The van der Waals surface area contributed by atoms with Crippen LogP contribution in [0.3, 0.4) is 0 Å². The Balaban J connectivity index is 1.52. The van der Waals surface area contributed by atoms with Gasteiger partial charge >= 0.3 is 0 Å². The Morgan fingerprint density at radius 2 is 1.83 bits per heavy atom. The lowest BCUT2D eigenvalue weighted by molar-refractivity contribution is 0.299. The molecule has 3 heterocycles. The maximum Gasteiger partial charge on any atom is 0.253 e. The molecule has 0 fully saturated rings. The molecule has 1 aromatic carbocycles. The van der Waals surface area contributed by atoms with Crippen molar-refractivity contribution in [2.45, 2.75) is 10.6 Å². The predicted molar refractivity (Wildman–Crippen MR) is 114 cm³/mol. The average molecular weight is 429 g/mol. The molecule has 1 aliphatic rings. The predicted octanol–water partition coefficient (Wildman–Crippen LogP) is 3.04. The second-order valence-corrected chi connectivity index (χ2v) is 9.72. The van der Waals surface area contributed by atoms with Crippen molar-refractivity contribution in [3.63, 3.8) is 0 Å². The lowest BCUT2D eigenvalue weighted by Crippen LogP contribution is -2.27. The van der Waals surface area contributed by atoms with Crippen molar-refractivity contribution in [3.05, 3.63) is 66.4 Å². The highest BCUT2D eigenvalue weighted by Gasteiger charge is 2.26. The molecule has 0 aliphatic carbocycles. The summed E-state index contributed by atoms with van der Waals surface area (Å²) in [6.45, 7) is 0.938. The fourth-order valence-electron chi connectivity index (χ4n) is 2.95. The molecule has 0 bridgehead atoms. The van der Waals surface area contributed by atoms with E-state index in [-0.39, 0.29) is 6.61 Å². The summed E-state index contributed by atoms with van der Waals surface area (Å²) in [6.07, 6.45) is 5.96. The van der Waals surface area contributed by atoms with Gasteiger partial charge in [0, 0.05) is 31.6 Å². The van der Waals surface area contributed by atoms with Gasteiger partial charge in [0.25, 0.3) is 10.0 Å². The Hall–Kier alpha value is -2.59. The van der Waals surface area contributed by atoms with E-state index in [0.29, 0.717) is 35.4 Å². The number of hydrogen-bond acceptors (Lipinski definition) is 7. The SMILES string of the molecule is O=S(=O)(c1ccc(-c2ccnc(Nc3ccc(CCO)cc3)n2)s1)N1CC=CC1.